The van der Waals surface area contributed by atoms with Gasteiger partial charge >= 0.3 is 0 Å². The first kappa shape index (κ1) is 19.8. The van der Waals surface area contributed by atoms with Gasteiger partial charge in [0.1, 0.15) is 11.6 Å². The summed E-state index contributed by atoms with van der Waals surface area (Å²) >= 11 is 1.64. The van der Waals surface area contributed by atoms with E-state index < -0.39 is 11.6 Å². The molecule has 0 amide bonds. The summed E-state index contributed by atoms with van der Waals surface area (Å²) in [5.41, 5.74) is 1.67. The van der Waals surface area contributed by atoms with Crippen molar-refractivity contribution >= 4 is 41.3 Å². The predicted octanol–water partition coefficient (Wildman–Crippen LogP) is 4.11. The maximum absolute atomic E-state index is 13.7. The number of hydrogen-bond acceptors (Lipinski definition) is 2. The molecule has 1 heterocycles. The second-order valence-electron chi connectivity index (χ2n) is 5.01. The summed E-state index contributed by atoms with van der Waals surface area (Å²) in [5.74, 6) is -0.522. The van der Waals surface area contributed by atoms with Crippen LogP contribution in [0.25, 0.3) is 0 Å². The summed E-state index contributed by atoms with van der Waals surface area (Å²) in [6, 6.07) is 5.72. The Morgan fingerprint density at radius 3 is 2.65 bits per heavy atom. The van der Waals surface area contributed by atoms with Crippen LogP contribution in [0, 0.1) is 11.6 Å². The first-order valence-electron chi connectivity index (χ1n) is 7.00. The third kappa shape index (κ3) is 6.06. The highest BCUT2D eigenvalue weighted by Crippen LogP contribution is 2.19. The van der Waals surface area contributed by atoms with E-state index in [0.29, 0.717) is 24.6 Å². The van der Waals surface area contributed by atoms with Gasteiger partial charge in [-0.1, -0.05) is 13.0 Å². The molecule has 7 heteroatoms. The molecule has 126 valence electrons. The summed E-state index contributed by atoms with van der Waals surface area (Å²) in [4.78, 5) is 4.13. The Hall–Kier alpha value is -1.22. The van der Waals surface area contributed by atoms with Gasteiger partial charge in [-0.3, -0.25) is 4.99 Å². The SMILES string of the molecule is CN=C(NCc1ccsc1)NCC(C)c1ccc(F)cc1F.I. The Labute approximate surface area is 156 Å². The summed E-state index contributed by atoms with van der Waals surface area (Å²) < 4.78 is 26.7. The smallest absolute Gasteiger partial charge is 0.191 e. The molecule has 0 radical (unpaired) electrons. The van der Waals surface area contributed by atoms with Gasteiger partial charge < -0.3 is 10.6 Å². The lowest BCUT2D eigenvalue weighted by Gasteiger charge is -2.16. The van der Waals surface area contributed by atoms with Crippen LogP contribution in [0.2, 0.25) is 0 Å². The fourth-order valence-electron chi connectivity index (χ4n) is 2.06. The Bertz CT molecular complexity index is 632. The molecule has 1 unspecified atom stereocenters. The van der Waals surface area contributed by atoms with Crippen LogP contribution in [0.15, 0.2) is 40.0 Å². The maximum atomic E-state index is 13.7. The molecule has 0 aliphatic carbocycles. The van der Waals surface area contributed by atoms with Gasteiger partial charge in [-0.25, -0.2) is 8.78 Å². The second kappa shape index (κ2) is 9.82. The molecule has 1 aromatic carbocycles. The highest BCUT2D eigenvalue weighted by atomic mass is 127. The second-order valence-corrected chi connectivity index (χ2v) is 5.79. The minimum Gasteiger partial charge on any atom is -0.356 e. The molecule has 0 spiro atoms. The summed E-state index contributed by atoms with van der Waals surface area (Å²) in [5, 5.41) is 10.4. The minimum absolute atomic E-state index is 0. The van der Waals surface area contributed by atoms with Crippen LogP contribution in [0.1, 0.15) is 24.0 Å². The number of nitrogens with zero attached hydrogens (tertiary/aromatic N) is 1. The van der Waals surface area contributed by atoms with Gasteiger partial charge in [-0.05, 0) is 34.0 Å². The Balaban J connectivity index is 0.00000264. The molecule has 2 aromatic rings. The maximum Gasteiger partial charge on any atom is 0.191 e. The first-order chi connectivity index (χ1) is 10.6. The molecule has 2 rings (SSSR count). The van der Waals surface area contributed by atoms with Crippen LogP contribution in [0.4, 0.5) is 8.78 Å². The number of hydrogen-bond donors (Lipinski definition) is 2. The quantitative estimate of drug-likeness (QED) is 0.408. The molecule has 2 N–H and O–H groups in total. The fourth-order valence-corrected chi connectivity index (χ4v) is 2.73. The number of aliphatic imine (C=N–C) groups is 1. The van der Waals surface area contributed by atoms with Gasteiger partial charge in [-0.15, -0.1) is 24.0 Å². The van der Waals surface area contributed by atoms with E-state index in [-0.39, 0.29) is 29.9 Å². The van der Waals surface area contributed by atoms with E-state index in [9.17, 15) is 8.78 Å². The van der Waals surface area contributed by atoms with Gasteiger partial charge in [-0.2, -0.15) is 11.3 Å². The lowest BCUT2D eigenvalue weighted by atomic mass is 10.0. The minimum atomic E-state index is -0.561. The zero-order valence-corrected chi connectivity index (χ0v) is 16.1. The van der Waals surface area contributed by atoms with Crippen molar-refractivity contribution in [1.29, 1.82) is 0 Å². The molecule has 1 aromatic heterocycles. The third-order valence-corrected chi connectivity index (χ3v) is 4.06. The normalized spacial score (nSPS) is 12.4. The highest BCUT2D eigenvalue weighted by molar-refractivity contribution is 14.0. The van der Waals surface area contributed by atoms with Crippen molar-refractivity contribution in [1.82, 2.24) is 10.6 Å². The molecule has 0 fully saturated rings. The van der Waals surface area contributed by atoms with Crippen LogP contribution in [0.3, 0.4) is 0 Å². The largest absolute Gasteiger partial charge is 0.356 e. The van der Waals surface area contributed by atoms with E-state index >= 15 is 0 Å². The lowest BCUT2D eigenvalue weighted by Crippen LogP contribution is -2.38. The Kier molecular flexibility index (Phi) is 8.46. The zero-order chi connectivity index (χ0) is 15.9. The predicted molar refractivity (Wildman–Crippen MR) is 103 cm³/mol. The van der Waals surface area contributed by atoms with Crippen molar-refractivity contribution in [3.8, 4) is 0 Å². The Morgan fingerprint density at radius 1 is 1.26 bits per heavy atom. The highest BCUT2D eigenvalue weighted by Gasteiger charge is 2.12. The average molecular weight is 451 g/mol. The van der Waals surface area contributed by atoms with Crippen LogP contribution in [0.5, 0.6) is 0 Å². The number of guanidine groups is 1. The Morgan fingerprint density at radius 2 is 2.04 bits per heavy atom. The molecule has 23 heavy (non-hydrogen) atoms. The number of nitrogens with one attached hydrogen (secondary N) is 2. The van der Waals surface area contributed by atoms with E-state index in [1.807, 2.05) is 18.4 Å². The lowest BCUT2D eigenvalue weighted by molar-refractivity contribution is 0.556. The fraction of sp³-hybridized carbons (Fsp3) is 0.312. The summed E-state index contributed by atoms with van der Waals surface area (Å²) in [7, 11) is 1.69. The zero-order valence-electron chi connectivity index (χ0n) is 13.0. The van der Waals surface area contributed by atoms with Crippen LogP contribution < -0.4 is 10.6 Å². The molecule has 0 saturated heterocycles. The molecular formula is C16H20F2IN3S. The van der Waals surface area contributed by atoms with E-state index in [1.165, 1.54) is 17.7 Å². The van der Waals surface area contributed by atoms with E-state index in [1.54, 1.807) is 18.4 Å². The van der Waals surface area contributed by atoms with Crippen molar-refractivity contribution in [2.45, 2.75) is 19.4 Å². The van der Waals surface area contributed by atoms with Crippen molar-refractivity contribution in [2.24, 2.45) is 4.99 Å². The molecular weight excluding hydrogens is 431 g/mol. The van der Waals surface area contributed by atoms with Gasteiger partial charge in [0.2, 0.25) is 0 Å². The monoisotopic (exact) mass is 451 g/mol. The van der Waals surface area contributed by atoms with E-state index in [4.69, 9.17) is 0 Å². The van der Waals surface area contributed by atoms with Crippen molar-refractivity contribution in [2.75, 3.05) is 13.6 Å². The molecule has 0 saturated carbocycles. The van der Waals surface area contributed by atoms with Gasteiger partial charge in [0.15, 0.2) is 5.96 Å². The van der Waals surface area contributed by atoms with Crippen molar-refractivity contribution in [3.05, 3.63) is 57.8 Å². The van der Waals surface area contributed by atoms with Crippen LogP contribution in [-0.4, -0.2) is 19.6 Å². The standard InChI is InChI=1S/C16H19F2N3S.HI/c1-11(14-4-3-13(17)7-15(14)18)8-20-16(19-2)21-9-12-5-6-22-10-12;/h3-7,10-11H,8-9H2,1-2H3,(H2,19,20,21);1H. The molecule has 3 nitrogen and oxygen atoms in total. The average Bonchev–Trinajstić information content (AvgIpc) is 3.00. The van der Waals surface area contributed by atoms with Gasteiger partial charge in [0.25, 0.3) is 0 Å². The van der Waals surface area contributed by atoms with Gasteiger partial charge in [0, 0.05) is 32.1 Å². The van der Waals surface area contributed by atoms with E-state index in [2.05, 4.69) is 21.0 Å². The van der Waals surface area contributed by atoms with Crippen molar-refractivity contribution in [3.63, 3.8) is 0 Å². The number of halogens is 3. The molecule has 0 bridgehead atoms. The van der Waals surface area contributed by atoms with E-state index in [0.717, 1.165) is 6.07 Å². The summed E-state index contributed by atoms with van der Waals surface area (Å²) in [6.45, 7) is 3.07. The number of thiophene rings is 1. The number of rotatable bonds is 5. The molecule has 1 atom stereocenters. The first-order valence-corrected chi connectivity index (χ1v) is 7.95. The van der Waals surface area contributed by atoms with Crippen LogP contribution in [-0.2, 0) is 6.54 Å². The molecule has 0 aliphatic rings. The topological polar surface area (TPSA) is 36.4 Å². The van der Waals surface area contributed by atoms with Crippen molar-refractivity contribution < 1.29 is 8.78 Å². The summed E-state index contributed by atoms with van der Waals surface area (Å²) in [6.07, 6.45) is 0. The molecule has 0 aliphatic heterocycles. The number of benzene rings is 1. The van der Waals surface area contributed by atoms with Crippen LogP contribution >= 0.6 is 35.3 Å². The van der Waals surface area contributed by atoms with Gasteiger partial charge in [0.05, 0.1) is 0 Å². The third-order valence-electron chi connectivity index (χ3n) is 3.33.